The number of hydrogen-bond donors (Lipinski definition) is 1. The molecule has 0 fully saturated rings. The number of nitrogens with zero attached hydrogens (tertiary/aromatic N) is 8. The van der Waals surface area contributed by atoms with Gasteiger partial charge in [-0.1, -0.05) is 48.5 Å². The molecule has 290 valence electrons. The highest BCUT2D eigenvalue weighted by molar-refractivity contribution is 5.97. The van der Waals surface area contributed by atoms with Crippen LogP contribution >= 0.6 is 0 Å². The van der Waals surface area contributed by atoms with Crippen LogP contribution in [0.2, 0.25) is 0 Å². The number of ketones is 1. The van der Waals surface area contributed by atoms with E-state index in [2.05, 4.69) is 45.0 Å². The SMILES string of the molecule is O=C(Cc1ccc(CCNC(=O)c2ccc(CN(Cc3ccccn3)Cc3ccccn3)nc2)cc1)c1ccc(CN(Cc2ccccn2)Cc2ccccn2)nc1. The van der Waals surface area contributed by atoms with Crippen molar-refractivity contribution < 1.29 is 9.59 Å². The largest absolute Gasteiger partial charge is 0.352 e. The van der Waals surface area contributed by atoms with E-state index in [1.54, 1.807) is 37.2 Å². The van der Waals surface area contributed by atoms with E-state index in [1.165, 1.54) is 0 Å². The second kappa shape index (κ2) is 20.4. The van der Waals surface area contributed by atoms with Gasteiger partial charge in [-0.15, -0.1) is 0 Å². The summed E-state index contributed by atoms with van der Waals surface area (Å²) >= 11 is 0. The van der Waals surface area contributed by atoms with Crippen molar-refractivity contribution in [1.82, 2.24) is 45.0 Å². The minimum absolute atomic E-state index is 0.00614. The van der Waals surface area contributed by atoms with E-state index in [0.717, 1.165) is 45.3 Å². The van der Waals surface area contributed by atoms with Crippen LogP contribution in [-0.2, 0) is 52.1 Å². The predicted molar refractivity (Wildman–Crippen MR) is 222 cm³/mol. The Morgan fingerprint density at radius 1 is 0.431 bits per heavy atom. The van der Waals surface area contributed by atoms with Crippen LogP contribution in [0.1, 0.15) is 66.0 Å². The molecule has 1 amide bonds. The van der Waals surface area contributed by atoms with E-state index < -0.39 is 0 Å². The van der Waals surface area contributed by atoms with Crippen molar-refractivity contribution in [2.45, 2.75) is 52.1 Å². The normalized spacial score (nSPS) is 11.1. The highest BCUT2D eigenvalue weighted by Crippen LogP contribution is 2.15. The third-order valence-electron chi connectivity index (χ3n) is 9.54. The average Bonchev–Trinajstić information content (AvgIpc) is 3.26. The molecule has 0 unspecified atom stereocenters. The topological polar surface area (TPSA) is 130 Å². The van der Waals surface area contributed by atoms with Crippen LogP contribution in [0, 0.1) is 0 Å². The third-order valence-corrected chi connectivity index (χ3v) is 9.54. The molecule has 1 aromatic carbocycles. The second-order valence-electron chi connectivity index (χ2n) is 14.1. The summed E-state index contributed by atoms with van der Waals surface area (Å²) in [7, 11) is 0. The Kier molecular flexibility index (Phi) is 13.8. The Hall–Kier alpha value is -6.82. The lowest BCUT2D eigenvalue weighted by atomic mass is 10.0. The molecule has 0 bridgehead atoms. The van der Waals surface area contributed by atoms with Gasteiger partial charge in [0.15, 0.2) is 5.78 Å². The lowest BCUT2D eigenvalue weighted by Crippen LogP contribution is -2.26. The third kappa shape index (κ3) is 12.1. The molecule has 0 spiro atoms. The number of rotatable bonds is 19. The highest BCUT2D eigenvalue weighted by Gasteiger charge is 2.15. The van der Waals surface area contributed by atoms with Crippen LogP contribution in [0.25, 0.3) is 0 Å². The highest BCUT2D eigenvalue weighted by atomic mass is 16.1. The Bertz CT molecular complexity index is 2230. The zero-order valence-corrected chi connectivity index (χ0v) is 32.3. The van der Waals surface area contributed by atoms with E-state index in [1.807, 2.05) is 121 Å². The first-order valence-corrected chi connectivity index (χ1v) is 19.4. The predicted octanol–water partition coefficient (Wildman–Crippen LogP) is 6.86. The fourth-order valence-electron chi connectivity index (χ4n) is 6.55. The van der Waals surface area contributed by atoms with Crippen LogP contribution in [0.15, 0.2) is 159 Å². The maximum absolute atomic E-state index is 13.2. The van der Waals surface area contributed by atoms with Crippen molar-refractivity contribution in [1.29, 1.82) is 0 Å². The molecule has 0 aliphatic rings. The summed E-state index contributed by atoms with van der Waals surface area (Å²) < 4.78 is 0. The second-order valence-corrected chi connectivity index (χ2v) is 14.1. The lowest BCUT2D eigenvalue weighted by molar-refractivity contribution is 0.0952. The Labute approximate surface area is 338 Å². The van der Waals surface area contributed by atoms with Crippen molar-refractivity contribution in [3.63, 3.8) is 0 Å². The zero-order valence-electron chi connectivity index (χ0n) is 32.3. The van der Waals surface area contributed by atoms with Gasteiger partial charge in [-0.3, -0.25) is 49.3 Å². The van der Waals surface area contributed by atoms with Gasteiger partial charge < -0.3 is 5.32 Å². The van der Waals surface area contributed by atoms with Gasteiger partial charge in [0.25, 0.3) is 5.91 Å². The van der Waals surface area contributed by atoms with Crippen LogP contribution in [0.3, 0.4) is 0 Å². The molecule has 0 saturated heterocycles. The van der Waals surface area contributed by atoms with Gasteiger partial charge in [-0.2, -0.15) is 0 Å². The van der Waals surface area contributed by atoms with Crippen molar-refractivity contribution in [3.8, 4) is 0 Å². The Morgan fingerprint density at radius 3 is 1.21 bits per heavy atom. The molecule has 0 saturated carbocycles. The maximum Gasteiger partial charge on any atom is 0.252 e. The summed E-state index contributed by atoms with van der Waals surface area (Å²) in [6.45, 7) is 4.23. The van der Waals surface area contributed by atoms with Gasteiger partial charge in [-0.25, -0.2) is 0 Å². The Morgan fingerprint density at radius 2 is 0.828 bits per heavy atom. The standard InChI is InChI=1S/C47H45N9O2/c57-46(38-17-19-44(53-28-38)34-55(30-40-9-1-5-22-48-40)31-41-10-2-6-23-49-41)27-37-15-13-36(14-16-37)21-26-52-47(58)39-18-20-45(54-29-39)35-56(32-42-11-3-7-24-50-42)33-43-12-4-8-25-51-43/h1-20,22-25,28-29H,21,26-27,30-35H2,(H,52,58). The number of aromatic nitrogens is 6. The first kappa shape index (κ1) is 39.4. The lowest BCUT2D eigenvalue weighted by Gasteiger charge is -2.21. The molecule has 11 nitrogen and oxygen atoms in total. The fourth-order valence-corrected chi connectivity index (χ4v) is 6.55. The number of hydrogen-bond acceptors (Lipinski definition) is 10. The molecule has 0 aliphatic heterocycles. The van der Waals surface area contributed by atoms with Crippen LogP contribution in [0.4, 0.5) is 0 Å². The average molecular weight is 768 g/mol. The fraction of sp³-hybridized carbons (Fsp3) is 0.191. The summed E-state index contributed by atoms with van der Waals surface area (Å²) in [6, 6.07) is 39.0. The van der Waals surface area contributed by atoms with Crippen molar-refractivity contribution >= 4 is 11.7 Å². The number of carbonyl (C=O) groups is 2. The summed E-state index contributed by atoms with van der Waals surface area (Å²) in [4.78, 5) is 57.8. The first-order chi connectivity index (χ1) is 28.5. The van der Waals surface area contributed by atoms with Crippen molar-refractivity contribution in [3.05, 3.63) is 215 Å². The van der Waals surface area contributed by atoms with Gasteiger partial charge in [0.1, 0.15) is 0 Å². The van der Waals surface area contributed by atoms with Gasteiger partial charge in [0, 0.05) is 95.0 Å². The minimum Gasteiger partial charge on any atom is -0.352 e. The monoisotopic (exact) mass is 767 g/mol. The quantitative estimate of drug-likeness (QED) is 0.0872. The number of Topliss-reactive ketones (excluding diaryl/α,β-unsaturated/α-hetero) is 1. The van der Waals surface area contributed by atoms with Crippen LogP contribution in [0.5, 0.6) is 0 Å². The van der Waals surface area contributed by atoms with E-state index in [0.29, 0.717) is 63.4 Å². The number of carbonyl (C=O) groups excluding carboxylic acids is 2. The minimum atomic E-state index is -0.172. The molecular formula is C47H45N9O2. The van der Waals surface area contributed by atoms with Crippen molar-refractivity contribution in [2.75, 3.05) is 6.54 Å². The molecule has 58 heavy (non-hydrogen) atoms. The number of benzene rings is 1. The van der Waals surface area contributed by atoms with Gasteiger partial charge >= 0.3 is 0 Å². The number of pyridine rings is 6. The smallest absolute Gasteiger partial charge is 0.252 e. The van der Waals surface area contributed by atoms with E-state index >= 15 is 0 Å². The first-order valence-electron chi connectivity index (χ1n) is 19.4. The molecule has 1 N–H and O–H groups in total. The summed E-state index contributed by atoms with van der Waals surface area (Å²) in [6.07, 6.45) is 11.4. The molecule has 7 aromatic rings. The Balaban J connectivity index is 0.865. The van der Waals surface area contributed by atoms with Crippen LogP contribution in [-0.4, -0.2) is 57.9 Å². The molecule has 6 heterocycles. The van der Waals surface area contributed by atoms with Gasteiger partial charge in [0.2, 0.25) is 0 Å². The molecule has 7 rings (SSSR count). The van der Waals surface area contributed by atoms with Gasteiger partial charge in [-0.05, 0) is 90.3 Å². The summed E-state index contributed by atoms with van der Waals surface area (Å²) in [5.74, 6) is -0.166. The van der Waals surface area contributed by atoms with E-state index in [9.17, 15) is 9.59 Å². The zero-order chi connectivity index (χ0) is 39.8. The molecular weight excluding hydrogens is 723 g/mol. The molecule has 0 aliphatic carbocycles. The number of amides is 1. The van der Waals surface area contributed by atoms with E-state index in [-0.39, 0.29) is 18.1 Å². The van der Waals surface area contributed by atoms with Gasteiger partial charge in [0.05, 0.1) is 39.7 Å². The summed E-state index contributed by atoms with van der Waals surface area (Å²) in [5, 5.41) is 3.01. The molecule has 0 radical (unpaired) electrons. The summed E-state index contributed by atoms with van der Waals surface area (Å²) in [5.41, 5.74) is 8.65. The molecule has 11 heteroatoms. The van der Waals surface area contributed by atoms with Crippen molar-refractivity contribution in [2.24, 2.45) is 0 Å². The molecule has 0 atom stereocenters. The number of nitrogens with one attached hydrogen (secondary N) is 1. The molecule has 6 aromatic heterocycles. The van der Waals surface area contributed by atoms with E-state index in [4.69, 9.17) is 0 Å². The van der Waals surface area contributed by atoms with Crippen LogP contribution < -0.4 is 5.32 Å². The maximum atomic E-state index is 13.2.